The van der Waals surface area contributed by atoms with Crippen molar-refractivity contribution >= 4 is 29.1 Å². The van der Waals surface area contributed by atoms with Gasteiger partial charge in [0.1, 0.15) is 5.75 Å². The minimum absolute atomic E-state index is 0.144. The lowest BCUT2D eigenvalue weighted by Gasteiger charge is -2.09. The number of rotatable bonds is 3. The Morgan fingerprint density at radius 2 is 2.19 bits per heavy atom. The molecule has 0 unspecified atom stereocenters. The van der Waals surface area contributed by atoms with Gasteiger partial charge in [-0.1, -0.05) is 11.8 Å². The molecule has 1 aromatic carbocycles. The first-order valence-electron chi connectivity index (χ1n) is 5.69. The third kappa shape index (κ3) is 3.97. The number of thioether (sulfide) groups is 1. The molecule has 1 saturated heterocycles. The van der Waals surface area contributed by atoms with Gasteiger partial charge in [-0.15, -0.1) is 5.10 Å². The predicted octanol–water partition coefficient (Wildman–Crippen LogP) is 2.27. The van der Waals surface area contributed by atoms with Crippen molar-refractivity contribution in [3.8, 4) is 5.75 Å². The lowest BCUT2D eigenvalue weighted by Crippen LogP contribution is -2.19. The van der Waals surface area contributed by atoms with Crippen molar-refractivity contribution in [2.45, 2.75) is 6.18 Å². The maximum atomic E-state index is 12.7. The first kappa shape index (κ1) is 15.4. The molecule has 0 radical (unpaired) electrons. The summed E-state index contributed by atoms with van der Waals surface area (Å²) in [5.74, 6) is 0.307. The van der Waals surface area contributed by atoms with Crippen LogP contribution in [-0.4, -0.2) is 30.2 Å². The Morgan fingerprint density at radius 1 is 1.43 bits per heavy atom. The highest BCUT2D eigenvalue weighted by Gasteiger charge is 2.31. The zero-order chi connectivity index (χ0) is 15.5. The smallest absolute Gasteiger partial charge is 0.416 e. The molecule has 1 aromatic rings. The molecule has 1 aliphatic heterocycles. The highest BCUT2D eigenvalue weighted by molar-refractivity contribution is 8.15. The van der Waals surface area contributed by atoms with Gasteiger partial charge in [0.2, 0.25) is 5.91 Å². The number of halogens is 3. The van der Waals surface area contributed by atoms with Crippen LogP contribution in [0.2, 0.25) is 0 Å². The maximum absolute atomic E-state index is 12.7. The van der Waals surface area contributed by atoms with Gasteiger partial charge < -0.3 is 10.1 Å². The van der Waals surface area contributed by atoms with Crippen molar-refractivity contribution in [1.29, 1.82) is 0 Å². The summed E-state index contributed by atoms with van der Waals surface area (Å²) in [5, 5.41) is 10.1. The van der Waals surface area contributed by atoms with Crippen molar-refractivity contribution in [3.63, 3.8) is 0 Å². The monoisotopic (exact) mass is 317 g/mol. The number of methoxy groups -OCH3 is 1. The summed E-state index contributed by atoms with van der Waals surface area (Å²) in [6, 6.07) is 3.06. The van der Waals surface area contributed by atoms with Gasteiger partial charge in [0.15, 0.2) is 5.17 Å². The van der Waals surface area contributed by atoms with E-state index in [-0.39, 0.29) is 23.0 Å². The van der Waals surface area contributed by atoms with E-state index in [2.05, 4.69) is 15.5 Å². The van der Waals surface area contributed by atoms with E-state index in [0.717, 1.165) is 18.3 Å². The van der Waals surface area contributed by atoms with E-state index in [1.807, 2.05) is 0 Å². The van der Waals surface area contributed by atoms with Crippen molar-refractivity contribution in [3.05, 3.63) is 29.3 Å². The van der Waals surface area contributed by atoms with Crippen LogP contribution in [0, 0.1) is 0 Å². The van der Waals surface area contributed by atoms with Crippen LogP contribution < -0.4 is 10.1 Å². The van der Waals surface area contributed by atoms with E-state index < -0.39 is 11.7 Å². The van der Waals surface area contributed by atoms with Crippen molar-refractivity contribution < 1.29 is 22.7 Å². The second-order valence-corrected chi connectivity index (χ2v) is 4.91. The fourth-order valence-electron chi connectivity index (χ4n) is 1.53. The second kappa shape index (κ2) is 6.17. The van der Waals surface area contributed by atoms with E-state index in [0.29, 0.717) is 5.17 Å². The van der Waals surface area contributed by atoms with Crippen LogP contribution >= 0.6 is 11.8 Å². The summed E-state index contributed by atoms with van der Waals surface area (Å²) in [6.45, 7) is 0. The molecule has 0 aromatic heterocycles. The number of amides is 1. The Morgan fingerprint density at radius 3 is 2.76 bits per heavy atom. The van der Waals surface area contributed by atoms with Crippen LogP contribution in [0.15, 0.2) is 28.4 Å². The average Bonchev–Trinajstić information content (AvgIpc) is 2.83. The Hall–Kier alpha value is -2.03. The topological polar surface area (TPSA) is 63.1 Å². The predicted molar refractivity (Wildman–Crippen MR) is 73.6 cm³/mol. The number of amidine groups is 1. The number of hydrogen-bond acceptors (Lipinski definition) is 5. The third-order valence-corrected chi connectivity index (χ3v) is 3.35. The zero-order valence-corrected chi connectivity index (χ0v) is 11.6. The van der Waals surface area contributed by atoms with Crippen molar-refractivity contribution in [2.75, 3.05) is 12.9 Å². The van der Waals surface area contributed by atoms with E-state index in [1.54, 1.807) is 0 Å². The lowest BCUT2D eigenvalue weighted by atomic mass is 10.1. The Balaban J connectivity index is 2.23. The van der Waals surface area contributed by atoms with Gasteiger partial charge >= 0.3 is 6.18 Å². The van der Waals surface area contributed by atoms with Gasteiger partial charge in [-0.3, -0.25) is 4.79 Å². The molecule has 1 heterocycles. The van der Waals surface area contributed by atoms with Gasteiger partial charge in [0, 0.05) is 5.56 Å². The third-order valence-electron chi connectivity index (χ3n) is 2.49. The molecular weight excluding hydrogens is 307 g/mol. The Labute approximate surface area is 122 Å². The number of carbonyl (C=O) groups excluding carboxylic acids is 1. The number of carbonyl (C=O) groups is 1. The number of ether oxygens (including phenoxy) is 1. The first-order chi connectivity index (χ1) is 9.90. The van der Waals surface area contributed by atoms with E-state index >= 15 is 0 Å². The zero-order valence-electron chi connectivity index (χ0n) is 10.8. The van der Waals surface area contributed by atoms with Gasteiger partial charge in [-0.05, 0) is 18.2 Å². The normalized spacial score (nSPS) is 17.5. The van der Waals surface area contributed by atoms with Gasteiger partial charge in [-0.2, -0.15) is 18.3 Å². The minimum Gasteiger partial charge on any atom is -0.496 e. The average molecular weight is 317 g/mol. The number of nitrogens with zero attached hydrogens (tertiary/aromatic N) is 2. The molecule has 0 atom stereocenters. The highest BCUT2D eigenvalue weighted by atomic mass is 32.2. The molecule has 2 rings (SSSR count). The molecule has 0 spiro atoms. The van der Waals surface area contributed by atoms with Gasteiger partial charge in [0.05, 0.1) is 24.6 Å². The first-order valence-corrected chi connectivity index (χ1v) is 6.67. The van der Waals surface area contributed by atoms with Crippen LogP contribution in [0.4, 0.5) is 13.2 Å². The molecule has 21 heavy (non-hydrogen) atoms. The van der Waals surface area contributed by atoms with Gasteiger partial charge in [0.25, 0.3) is 0 Å². The molecule has 9 heteroatoms. The summed E-state index contributed by atoms with van der Waals surface area (Å²) < 4.78 is 42.9. The lowest BCUT2D eigenvalue weighted by molar-refractivity contribution is -0.137. The molecule has 0 saturated carbocycles. The highest BCUT2D eigenvalue weighted by Crippen LogP contribution is 2.32. The van der Waals surface area contributed by atoms with Crippen molar-refractivity contribution in [1.82, 2.24) is 5.32 Å². The Bertz CT molecular complexity index is 614. The van der Waals surface area contributed by atoms with Crippen LogP contribution in [-0.2, 0) is 11.0 Å². The van der Waals surface area contributed by atoms with Crippen LogP contribution in [0.1, 0.15) is 11.1 Å². The number of nitrogens with one attached hydrogen (secondary N) is 1. The maximum Gasteiger partial charge on any atom is 0.416 e. The molecule has 1 N–H and O–H groups in total. The SMILES string of the molecule is COc1ccc(C(F)(F)F)cc1C=NN=C1NC(=O)CS1. The molecule has 112 valence electrons. The molecule has 1 fully saturated rings. The minimum atomic E-state index is -4.45. The number of alkyl halides is 3. The summed E-state index contributed by atoms with van der Waals surface area (Å²) in [6.07, 6.45) is -3.30. The summed E-state index contributed by atoms with van der Waals surface area (Å²) >= 11 is 1.17. The molecule has 0 aliphatic carbocycles. The number of hydrogen-bond donors (Lipinski definition) is 1. The second-order valence-electron chi connectivity index (χ2n) is 3.94. The molecule has 1 amide bonds. The quantitative estimate of drug-likeness (QED) is 0.687. The summed E-state index contributed by atoms with van der Waals surface area (Å²) in [7, 11) is 1.35. The largest absolute Gasteiger partial charge is 0.496 e. The van der Waals surface area contributed by atoms with Crippen LogP contribution in [0.3, 0.4) is 0 Å². The van der Waals surface area contributed by atoms with Gasteiger partial charge in [-0.25, -0.2) is 0 Å². The van der Waals surface area contributed by atoms with E-state index in [9.17, 15) is 18.0 Å². The standard InChI is InChI=1S/C12H10F3N3O2S/c1-20-9-3-2-8(12(13,14)15)4-7(9)5-16-18-11-17-10(19)6-21-11/h2-5H,6H2,1H3,(H,17,18,19). The fraction of sp³-hybridized carbons (Fsp3) is 0.250. The number of benzene rings is 1. The summed E-state index contributed by atoms with van der Waals surface area (Å²) in [4.78, 5) is 10.9. The van der Waals surface area contributed by atoms with Crippen LogP contribution in [0.5, 0.6) is 5.75 Å². The molecule has 0 bridgehead atoms. The van der Waals surface area contributed by atoms with E-state index in [1.165, 1.54) is 24.9 Å². The molecular formula is C12H10F3N3O2S. The Kier molecular flexibility index (Phi) is 4.51. The fourth-order valence-corrected chi connectivity index (χ4v) is 2.17. The molecule has 5 nitrogen and oxygen atoms in total. The van der Waals surface area contributed by atoms with Crippen LogP contribution in [0.25, 0.3) is 0 Å². The summed E-state index contributed by atoms with van der Waals surface area (Å²) in [5.41, 5.74) is -0.660. The van der Waals surface area contributed by atoms with E-state index in [4.69, 9.17) is 4.74 Å². The molecule has 1 aliphatic rings. The van der Waals surface area contributed by atoms with Crippen molar-refractivity contribution in [2.24, 2.45) is 10.2 Å².